The van der Waals surface area contributed by atoms with Gasteiger partial charge in [-0.05, 0) is 53.0 Å². The van der Waals surface area contributed by atoms with Crippen LogP contribution in [0.25, 0.3) is 0 Å². The van der Waals surface area contributed by atoms with Crippen LogP contribution in [0.3, 0.4) is 0 Å². The molecule has 1 aromatic carbocycles. The number of oxime groups is 1. The molecule has 3 rings (SSSR count). The SMILES string of the molecule is CNS(=O)(=O)N1CC(CCNC2NON=C2C(=Nc2ccc(F)c(Br)c2)NO)C1. The quantitative estimate of drug-likeness (QED) is 0.198. The maximum absolute atomic E-state index is 13.4. The van der Waals surface area contributed by atoms with E-state index in [0.717, 1.165) is 6.42 Å². The number of benzene rings is 1. The van der Waals surface area contributed by atoms with E-state index in [1.54, 1.807) is 0 Å². The molecule has 0 aromatic heterocycles. The van der Waals surface area contributed by atoms with Gasteiger partial charge in [-0.1, -0.05) is 5.16 Å². The third kappa shape index (κ3) is 5.28. The number of halogens is 2. The molecule has 11 nitrogen and oxygen atoms in total. The zero-order chi connectivity index (χ0) is 21.0. The average molecular weight is 494 g/mol. The van der Waals surface area contributed by atoms with Crippen molar-refractivity contribution in [2.75, 3.05) is 26.7 Å². The first-order valence-corrected chi connectivity index (χ1v) is 10.9. The van der Waals surface area contributed by atoms with Crippen LogP contribution in [0.2, 0.25) is 0 Å². The molecule has 0 radical (unpaired) electrons. The molecule has 0 amide bonds. The predicted molar refractivity (Wildman–Crippen MR) is 107 cm³/mol. The van der Waals surface area contributed by atoms with Crippen LogP contribution in [0.4, 0.5) is 10.1 Å². The number of nitrogens with zero attached hydrogens (tertiary/aromatic N) is 3. The highest BCUT2D eigenvalue weighted by Crippen LogP contribution is 2.23. The van der Waals surface area contributed by atoms with Crippen molar-refractivity contribution in [3.63, 3.8) is 0 Å². The Morgan fingerprint density at radius 2 is 2.28 bits per heavy atom. The summed E-state index contributed by atoms with van der Waals surface area (Å²) >= 11 is 3.08. The van der Waals surface area contributed by atoms with Crippen molar-refractivity contribution in [1.82, 2.24) is 25.3 Å². The summed E-state index contributed by atoms with van der Waals surface area (Å²) in [4.78, 5) is 9.10. The van der Waals surface area contributed by atoms with Crippen molar-refractivity contribution in [2.24, 2.45) is 16.1 Å². The summed E-state index contributed by atoms with van der Waals surface area (Å²) in [7, 11) is -1.98. The zero-order valence-corrected chi connectivity index (χ0v) is 17.8. The lowest BCUT2D eigenvalue weighted by Gasteiger charge is -2.37. The van der Waals surface area contributed by atoms with E-state index in [1.165, 1.54) is 29.6 Å². The highest BCUT2D eigenvalue weighted by atomic mass is 79.9. The van der Waals surface area contributed by atoms with Gasteiger partial charge in [-0.15, -0.1) is 5.48 Å². The smallest absolute Gasteiger partial charge is 0.279 e. The van der Waals surface area contributed by atoms with E-state index in [1.807, 2.05) is 5.48 Å². The van der Waals surface area contributed by atoms with E-state index in [0.29, 0.717) is 25.3 Å². The topological polar surface area (TPSA) is 140 Å². The third-order valence-electron chi connectivity index (χ3n) is 4.50. The number of rotatable bonds is 8. The van der Waals surface area contributed by atoms with Crippen molar-refractivity contribution < 1.29 is 23.0 Å². The highest BCUT2D eigenvalue weighted by molar-refractivity contribution is 9.10. The molecule has 0 spiro atoms. The lowest BCUT2D eigenvalue weighted by Crippen LogP contribution is -2.54. The van der Waals surface area contributed by atoms with Gasteiger partial charge in [0.1, 0.15) is 12.0 Å². The van der Waals surface area contributed by atoms with E-state index in [9.17, 15) is 18.0 Å². The number of hydroxylamine groups is 2. The molecule has 0 bridgehead atoms. The Balaban J connectivity index is 1.54. The van der Waals surface area contributed by atoms with Crippen molar-refractivity contribution in [3.8, 4) is 0 Å². The second kappa shape index (κ2) is 9.42. The van der Waals surface area contributed by atoms with Crippen molar-refractivity contribution in [1.29, 1.82) is 0 Å². The number of nitrogens with one attached hydrogen (secondary N) is 4. The first kappa shape index (κ1) is 22.0. The second-order valence-corrected chi connectivity index (χ2v) is 9.15. The molecule has 1 saturated heterocycles. The van der Waals surface area contributed by atoms with Crippen LogP contribution in [0.1, 0.15) is 6.42 Å². The number of aliphatic imine (C=N–C) groups is 1. The molecule has 1 atom stereocenters. The summed E-state index contributed by atoms with van der Waals surface area (Å²) in [6.45, 7) is 1.48. The van der Waals surface area contributed by atoms with Gasteiger partial charge >= 0.3 is 0 Å². The first-order valence-electron chi connectivity index (χ1n) is 8.69. The monoisotopic (exact) mass is 493 g/mol. The van der Waals surface area contributed by atoms with Gasteiger partial charge in [0.05, 0.1) is 10.2 Å². The molecule has 2 aliphatic heterocycles. The Hall–Kier alpha value is -1.68. The minimum atomic E-state index is -3.36. The van der Waals surface area contributed by atoms with Gasteiger partial charge in [-0.25, -0.2) is 14.1 Å². The molecule has 14 heteroatoms. The molecule has 0 aliphatic carbocycles. The molecule has 0 saturated carbocycles. The minimum Gasteiger partial charge on any atom is -0.297 e. The lowest BCUT2D eigenvalue weighted by atomic mass is 9.99. The van der Waals surface area contributed by atoms with E-state index in [-0.39, 0.29) is 21.9 Å². The minimum absolute atomic E-state index is 0.0286. The maximum Gasteiger partial charge on any atom is 0.279 e. The normalized spacial score (nSPS) is 20.9. The van der Waals surface area contributed by atoms with Crippen LogP contribution in [-0.2, 0) is 15.1 Å². The fourth-order valence-corrected chi connectivity index (χ4v) is 4.28. The standard InChI is InChI=1S/C15H21BrFN7O4S/c1-18-29(26,27)24-7-9(8-24)4-5-19-14-13(22-28-23-14)15(21-25)20-10-2-3-12(17)11(16)6-10/h2-3,6,9,14,18-19,23,25H,4-5,7-8H2,1H3,(H,20,21). The number of hydrogen-bond acceptors (Lipinski definition) is 8. The van der Waals surface area contributed by atoms with Gasteiger partial charge in [0.15, 0.2) is 11.5 Å². The summed E-state index contributed by atoms with van der Waals surface area (Å²) in [6, 6.07) is 4.15. The molecule has 2 aliphatic rings. The maximum atomic E-state index is 13.4. The van der Waals surface area contributed by atoms with E-state index in [2.05, 4.69) is 41.6 Å². The molecule has 1 fully saturated rings. The van der Waals surface area contributed by atoms with Gasteiger partial charge in [-0.2, -0.15) is 12.7 Å². The number of amidine groups is 1. The fourth-order valence-electron chi connectivity index (χ4n) is 2.84. The Morgan fingerprint density at radius 3 is 2.93 bits per heavy atom. The molecular weight excluding hydrogens is 473 g/mol. The molecule has 5 N–H and O–H groups in total. The Bertz CT molecular complexity index is 908. The lowest BCUT2D eigenvalue weighted by molar-refractivity contribution is 0.0531. The van der Waals surface area contributed by atoms with Crippen LogP contribution in [0.5, 0.6) is 0 Å². The summed E-state index contributed by atoms with van der Waals surface area (Å²) in [5.74, 6) is -0.155. The molecule has 29 heavy (non-hydrogen) atoms. The third-order valence-corrected chi connectivity index (χ3v) is 6.60. The summed E-state index contributed by atoms with van der Waals surface area (Å²) in [5.41, 5.74) is 5.29. The summed E-state index contributed by atoms with van der Waals surface area (Å²) in [5, 5.41) is 16.4. The van der Waals surface area contributed by atoms with E-state index < -0.39 is 22.2 Å². The highest BCUT2D eigenvalue weighted by Gasteiger charge is 2.35. The van der Waals surface area contributed by atoms with Crippen molar-refractivity contribution >= 4 is 43.4 Å². The predicted octanol–water partition coefficient (Wildman–Crippen LogP) is 0.190. The largest absolute Gasteiger partial charge is 0.297 e. The van der Waals surface area contributed by atoms with Crippen LogP contribution < -0.4 is 21.0 Å². The fraction of sp³-hybridized carbons (Fsp3) is 0.467. The van der Waals surface area contributed by atoms with Crippen molar-refractivity contribution in [2.45, 2.75) is 12.6 Å². The Labute approximate surface area is 175 Å². The molecule has 1 unspecified atom stereocenters. The Morgan fingerprint density at radius 1 is 1.52 bits per heavy atom. The van der Waals surface area contributed by atoms with Crippen LogP contribution in [-0.4, -0.2) is 62.3 Å². The number of hydrogen-bond donors (Lipinski definition) is 5. The Kier molecular flexibility index (Phi) is 7.15. The molecule has 1 aromatic rings. The average Bonchev–Trinajstić information content (AvgIpc) is 3.12. The van der Waals surface area contributed by atoms with Gasteiger partial charge < -0.3 is 0 Å². The van der Waals surface area contributed by atoms with E-state index >= 15 is 0 Å². The van der Waals surface area contributed by atoms with Gasteiger partial charge in [0.2, 0.25) is 0 Å². The summed E-state index contributed by atoms with van der Waals surface area (Å²) < 4.78 is 40.6. The molecule has 160 valence electrons. The zero-order valence-electron chi connectivity index (χ0n) is 15.4. The van der Waals surface area contributed by atoms with E-state index in [4.69, 9.17) is 4.94 Å². The van der Waals surface area contributed by atoms with Gasteiger partial charge in [0.25, 0.3) is 10.2 Å². The van der Waals surface area contributed by atoms with Crippen molar-refractivity contribution in [3.05, 3.63) is 28.5 Å². The molecular formula is C15H21BrFN7O4S. The van der Waals surface area contributed by atoms with Crippen LogP contribution >= 0.6 is 15.9 Å². The second-order valence-electron chi connectivity index (χ2n) is 6.42. The van der Waals surface area contributed by atoms with Crippen LogP contribution in [0.15, 0.2) is 32.8 Å². The molecule has 2 heterocycles. The first-order chi connectivity index (χ1) is 13.8. The van der Waals surface area contributed by atoms with Crippen LogP contribution in [0, 0.1) is 11.7 Å². The van der Waals surface area contributed by atoms with Gasteiger partial charge in [-0.3, -0.25) is 20.9 Å². The van der Waals surface area contributed by atoms with Gasteiger partial charge in [0, 0.05) is 20.1 Å². The summed E-state index contributed by atoms with van der Waals surface area (Å²) in [6.07, 6.45) is 0.194.